The number of rotatable bonds is 7. The topological polar surface area (TPSA) is 98.1 Å². The zero-order chi connectivity index (χ0) is 25.8. The highest BCUT2D eigenvalue weighted by atomic mass is 19.1. The van der Waals surface area contributed by atoms with Crippen molar-refractivity contribution in [1.29, 1.82) is 0 Å². The van der Waals surface area contributed by atoms with Crippen LogP contribution in [0.1, 0.15) is 48.8 Å². The van der Waals surface area contributed by atoms with Crippen LogP contribution in [-0.4, -0.2) is 39.7 Å². The van der Waals surface area contributed by atoms with Crippen LogP contribution < -0.4 is 15.4 Å². The summed E-state index contributed by atoms with van der Waals surface area (Å²) in [5, 5.41) is 10.1. The summed E-state index contributed by atoms with van der Waals surface area (Å²) < 4.78 is 35.0. The summed E-state index contributed by atoms with van der Waals surface area (Å²) in [6.45, 7) is 4.35. The van der Waals surface area contributed by atoms with Crippen molar-refractivity contribution < 1.29 is 23.1 Å². The summed E-state index contributed by atoms with van der Waals surface area (Å²) in [5.41, 5.74) is 1.75. The Morgan fingerprint density at radius 2 is 1.97 bits per heavy atom. The maximum Gasteiger partial charge on any atom is 0.269 e. The Morgan fingerprint density at radius 3 is 2.72 bits per heavy atom. The predicted molar refractivity (Wildman–Crippen MR) is 131 cm³/mol. The second-order valence-electron chi connectivity index (χ2n) is 8.90. The number of pyridine rings is 1. The second kappa shape index (κ2) is 10.8. The minimum absolute atomic E-state index is 0.133. The molecule has 2 aromatic heterocycles. The van der Waals surface area contributed by atoms with Crippen molar-refractivity contribution in [3.63, 3.8) is 0 Å². The van der Waals surface area contributed by atoms with Gasteiger partial charge in [-0.15, -0.1) is 0 Å². The average molecular weight is 498 g/mol. The quantitative estimate of drug-likeness (QED) is 0.501. The molecule has 36 heavy (non-hydrogen) atoms. The zero-order valence-electron chi connectivity index (χ0n) is 20.5. The van der Waals surface area contributed by atoms with Crippen LogP contribution in [-0.2, 0) is 11.3 Å². The van der Waals surface area contributed by atoms with Crippen molar-refractivity contribution in [2.75, 3.05) is 12.4 Å². The Kier molecular flexibility index (Phi) is 7.61. The molecule has 2 atom stereocenters. The standard InChI is InChI=1S/C26H29F2N5O3/c1-4-33-22(10-15(2)32-33)26(35)30-18-7-5-6-16(11-18)25(34)31-24-13-20(21(28)14-29-24)19-9-8-17(27)12-23(19)36-3/h8-10,12-14,16,18H,4-7,11H2,1-3H3,(H,30,35)(H,29,31,34). The summed E-state index contributed by atoms with van der Waals surface area (Å²) in [6.07, 6.45) is 3.72. The Hall–Kier alpha value is -3.82. The van der Waals surface area contributed by atoms with E-state index in [0.29, 0.717) is 30.6 Å². The normalized spacial score (nSPS) is 17.5. The first kappa shape index (κ1) is 25.3. The number of amides is 2. The number of aromatic nitrogens is 3. The highest BCUT2D eigenvalue weighted by molar-refractivity contribution is 5.94. The lowest BCUT2D eigenvalue weighted by Crippen LogP contribution is -2.41. The van der Waals surface area contributed by atoms with E-state index in [1.807, 2.05) is 13.8 Å². The van der Waals surface area contributed by atoms with Gasteiger partial charge in [0.05, 0.1) is 19.0 Å². The molecule has 0 saturated heterocycles. The summed E-state index contributed by atoms with van der Waals surface area (Å²) in [5.74, 6) is -1.58. The van der Waals surface area contributed by atoms with Gasteiger partial charge >= 0.3 is 0 Å². The molecule has 1 saturated carbocycles. The van der Waals surface area contributed by atoms with Gasteiger partial charge in [0, 0.05) is 35.7 Å². The van der Waals surface area contributed by atoms with Gasteiger partial charge in [-0.05, 0) is 57.4 Å². The predicted octanol–water partition coefficient (Wildman–Crippen LogP) is 4.49. The van der Waals surface area contributed by atoms with Gasteiger partial charge in [-0.25, -0.2) is 13.8 Å². The molecule has 2 heterocycles. The number of carbonyl (C=O) groups excluding carboxylic acids is 2. The number of hydrogen-bond acceptors (Lipinski definition) is 5. The third kappa shape index (κ3) is 5.53. The maximum atomic E-state index is 14.6. The fraction of sp³-hybridized carbons (Fsp3) is 0.385. The molecule has 190 valence electrons. The fourth-order valence-electron chi connectivity index (χ4n) is 4.62. The van der Waals surface area contributed by atoms with Crippen molar-refractivity contribution in [2.45, 2.75) is 52.1 Å². The van der Waals surface area contributed by atoms with Gasteiger partial charge in [0.2, 0.25) is 5.91 Å². The molecule has 1 aromatic carbocycles. The van der Waals surface area contributed by atoms with Crippen molar-refractivity contribution in [2.24, 2.45) is 5.92 Å². The van der Waals surface area contributed by atoms with Crippen LogP contribution in [0.5, 0.6) is 5.75 Å². The fourth-order valence-corrected chi connectivity index (χ4v) is 4.62. The summed E-state index contributed by atoms with van der Waals surface area (Å²) in [6, 6.07) is 6.79. The number of nitrogens with zero attached hydrogens (tertiary/aromatic N) is 3. The molecule has 2 amide bonds. The monoisotopic (exact) mass is 497 g/mol. The lowest BCUT2D eigenvalue weighted by atomic mass is 9.85. The number of carbonyl (C=O) groups is 2. The minimum atomic E-state index is -0.625. The molecule has 0 bridgehead atoms. The van der Waals surface area contributed by atoms with Crippen LogP contribution >= 0.6 is 0 Å². The number of aryl methyl sites for hydroxylation is 2. The first-order valence-corrected chi connectivity index (χ1v) is 11.9. The van der Waals surface area contributed by atoms with Crippen LogP contribution in [0.4, 0.5) is 14.6 Å². The second-order valence-corrected chi connectivity index (χ2v) is 8.90. The molecular weight excluding hydrogens is 468 g/mol. The molecule has 4 rings (SSSR count). The molecule has 2 unspecified atom stereocenters. The smallest absolute Gasteiger partial charge is 0.269 e. The van der Waals surface area contributed by atoms with E-state index >= 15 is 0 Å². The summed E-state index contributed by atoms with van der Waals surface area (Å²) in [7, 11) is 1.37. The molecule has 1 fully saturated rings. The molecule has 1 aliphatic carbocycles. The van der Waals surface area contributed by atoms with E-state index in [4.69, 9.17) is 4.74 Å². The maximum absolute atomic E-state index is 14.6. The third-order valence-corrected chi connectivity index (χ3v) is 6.37. The molecule has 2 N–H and O–H groups in total. The first-order chi connectivity index (χ1) is 17.3. The molecule has 3 aromatic rings. The van der Waals surface area contributed by atoms with Crippen LogP contribution in [0.2, 0.25) is 0 Å². The summed E-state index contributed by atoms with van der Waals surface area (Å²) in [4.78, 5) is 29.8. The zero-order valence-corrected chi connectivity index (χ0v) is 20.5. The van der Waals surface area contributed by atoms with E-state index in [1.54, 1.807) is 10.7 Å². The lowest BCUT2D eigenvalue weighted by Gasteiger charge is -2.29. The van der Waals surface area contributed by atoms with Gasteiger partial charge in [0.15, 0.2) is 0 Å². The van der Waals surface area contributed by atoms with E-state index in [1.165, 1.54) is 31.4 Å². The van der Waals surface area contributed by atoms with Crippen LogP contribution in [0.25, 0.3) is 11.1 Å². The minimum Gasteiger partial charge on any atom is -0.496 e. The third-order valence-electron chi connectivity index (χ3n) is 6.37. The van der Waals surface area contributed by atoms with Crippen molar-refractivity contribution in [1.82, 2.24) is 20.1 Å². The van der Waals surface area contributed by atoms with Gasteiger partial charge in [0.1, 0.15) is 28.9 Å². The summed E-state index contributed by atoms with van der Waals surface area (Å²) >= 11 is 0. The molecule has 0 radical (unpaired) electrons. The SMILES string of the molecule is CCn1nc(C)cc1C(=O)NC1CCCC(C(=O)Nc2cc(-c3ccc(F)cc3OC)c(F)cn2)C1. The van der Waals surface area contributed by atoms with E-state index in [2.05, 4.69) is 20.7 Å². The first-order valence-electron chi connectivity index (χ1n) is 11.9. The Morgan fingerprint density at radius 1 is 1.17 bits per heavy atom. The number of hydrogen-bond donors (Lipinski definition) is 2. The van der Waals surface area contributed by atoms with Gasteiger partial charge in [0.25, 0.3) is 5.91 Å². The Labute approximate surface area is 208 Å². The van der Waals surface area contributed by atoms with Crippen LogP contribution in [0.3, 0.4) is 0 Å². The van der Waals surface area contributed by atoms with Crippen molar-refractivity contribution in [3.05, 3.63) is 59.6 Å². The molecule has 0 spiro atoms. The number of halogens is 2. The van der Waals surface area contributed by atoms with E-state index in [9.17, 15) is 18.4 Å². The number of nitrogens with one attached hydrogen (secondary N) is 2. The Balaban J connectivity index is 1.44. The highest BCUT2D eigenvalue weighted by Gasteiger charge is 2.29. The number of ether oxygens (including phenoxy) is 1. The van der Waals surface area contributed by atoms with Gasteiger partial charge < -0.3 is 15.4 Å². The van der Waals surface area contributed by atoms with Crippen molar-refractivity contribution >= 4 is 17.6 Å². The molecule has 0 aliphatic heterocycles. The highest BCUT2D eigenvalue weighted by Crippen LogP contribution is 2.34. The lowest BCUT2D eigenvalue weighted by molar-refractivity contribution is -0.121. The van der Waals surface area contributed by atoms with Crippen LogP contribution in [0.15, 0.2) is 36.5 Å². The van der Waals surface area contributed by atoms with Gasteiger partial charge in [-0.2, -0.15) is 5.10 Å². The number of benzene rings is 1. The Bertz CT molecular complexity index is 1280. The molecule has 10 heteroatoms. The molecule has 8 nitrogen and oxygen atoms in total. The largest absolute Gasteiger partial charge is 0.496 e. The van der Waals surface area contributed by atoms with Gasteiger partial charge in [-0.1, -0.05) is 6.42 Å². The number of methoxy groups -OCH3 is 1. The van der Waals surface area contributed by atoms with E-state index < -0.39 is 11.6 Å². The average Bonchev–Trinajstić information content (AvgIpc) is 3.26. The van der Waals surface area contributed by atoms with Crippen molar-refractivity contribution in [3.8, 4) is 16.9 Å². The van der Waals surface area contributed by atoms with E-state index in [0.717, 1.165) is 24.7 Å². The molecular formula is C26H29F2N5O3. The van der Waals surface area contributed by atoms with E-state index in [-0.39, 0.29) is 40.9 Å². The van der Waals surface area contributed by atoms with Gasteiger partial charge in [-0.3, -0.25) is 14.3 Å². The number of anilines is 1. The van der Waals surface area contributed by atoms with Crippen LogP contribution in [0, 0.1) is 24.5 Å². The molecule has 1 aliphatic rings.